The first-order valence-electron chi connectivity index (χ1n) is 2.50. The van der Waals surface area contributed by atoms with E-state index in [0.29, 0.717) is 0 Å². The van der Waals surface area contributed by atoms with E-state index in [9.17, 15) is 8.78 Å². The monoisotopic (exact) mass is 146 g/mol. The van der Waals surface area contributed by atoms with Crippen molar-refractivity contribution in [2.75, 3.05) is 0 Å². The van der Waals surface area contributed by atoms with Crippen LogP contribution in [0.3, 0.4) is 0 Å². The third-order valence-corrected chi connectivity index (χ3v) is 0.888. The Hall–Kier alpha value is -1.26. The van der Waals surface area contributed by atoms with E-state index in [4.69, 9.17) is 5.11 Å². The summed E-state index contributed by atoms with van der Waals surface area (Å²) in [5.41, 5.74) is -0.465. The van der Waals surface area contributed by atoms with Crippen LogP contribution < -0.4 is 0 Å². The Labute approximate surface area is 55.4 Å². The van der Waals surface area contributed by atoms with Gasteiger partial charge in [-0.15, -0.1) is 0 Å². The van der Waals surface area contributed by atoms with Gasteiger partial charge in [0.05, 0.1) is 0 Å². The van der Waals surface area contributed by atoms with Crippen LogP contribution in [-0.2, 0) is 0 Å². The van der Waals surface area contributed by atoms with E-state index >= 15 is 0 Å². The van der Waals surface area contributed by atoms with E-state index in [2.05, 4.69) is 9.97 Å². The Balaban J connectivity index is 2.96. The Kier molecular flexibility index (Phi) is 1.75. The third kappa shape index (κ3) is 1.37. The Morgan fingerprint density at radius 2 is 2.20 bits per heavy atom. The van der Waals surface area contributed by atoms with Crippen LogP contribution in [-0.4, -0.2) is 15.1 Å². The SMILES string of the molecule is Oc1nccc(C(F)F)n1. The molecule has 1 N–H and O–H groups in total. The molecule has 0 radical (unpaired) electrons. The van der Waals surface area contributed by atoms with E-state index in [-0.39, 0.29) is 0 Å². The largest absolute Gasteiger partial charge is 0.479 e. The lowest BCUT2D eigenvalue weighted by atomic mass is 10.4. The van der Waals surface area contributed by atoms with Gasteiger partial charge in [0.2, 0.25) is 0 Å². The van der Waals surface area contributed by atoms with E-state index in [1.165, 1.54) is 0 Å². The number of rotatable bonds is 1. The maximum atomic E-state index is 11.7. The van der Waals surface area contributed by atoms with Crippen LogP contribution in [0.2, 0.25) is 0 Å². The second-order valence-electron chi connectivity index (χ2n) is 1.58. The Morgan fingerprint density at radius 1 is 1.50 bits per heavy atom. The fourth-order valence-corrected chi connectivity index (χ4v) is 0.483. The van der Waals surface area contributed by atoms with Crippen LogP contribution in [0.25, 0.3) is 0 Å². The standard InChI is InChI=1S/C5H4F2N2O/c6-4(7)3-1-2-8-5(10)9-3/h1-2,4H,(H,8,9,10). The van der Waals surface area contributed by atoms with Crippen LogP contribution in [0.15, 0.2) is 12.3 Å². The van der Waals surface area contributed by atoms with Gasteiger partial charge in [-0.2, -0.15) is 4.98 Å². The van der Waals surface area contributed by atoms with Crippen molar-refractivity contribution in [1.29, 1.82) is 0 Å². The number of hydrogen-bond donors (Lipinski definition) is 1. The Bertz CT molecular complexity index is 229. The summed E-state index contributed by atoms with van der Waals surface area (Å²) in [4.78, 5) is 6.30. The summed E-state index contributed by atoms with van der Waals surface area (Å²) in [5, 5.41) is 8.51. The summed E-state index contributed by atoms with van der Waals surface area (Å²) in [6.45, 7) is 0. The van der Waals surface area contributed by atoms with Crippen LogP contribution in [0.5, 0.6) is 6.01 Å². The minimum atomic E-state index is -2.66. The molecule has 0 aromatic carbocycles. The van der Waals surface area contributed by atoms with Gasteiger partial charge in [-0.3, -0.25) is 0 Å². The molecule has 1 heterocycles. The number of aromatic hydroxyl groups is 1. The molecule has 5 heteroatoms. The second-order valence-corrected chi connectivity index (χ2v) is 1.58. The number of alkyl halides is 2. The number of hydrogen-bond acceptors (Lipinski definition) is 3. The van der Waals surface area contributed by atoms with Crippen LogP contribution in [0.4, 0.5) is 8.78 Å². The summed E-state index contributed by atoms with van der Waals surface area (Å²) >= 11 is 0. The molecule has 0 amide bonds. The zero-order valence-electron chi connectivity index (χ0n) is 4.83. The maximum absolute atomic E-state index is 11.7. The van der Waals surface area contributed by atoms with Gasteiger partial charge < -0.3 is 5.11 Å². The fourth-order valence-electron chi connectivity index (χ4n) is 0.483. The van der Waals surface area contributed by atoms with E-state index in [1.807, 2.05) is 0 Å². The highest BCUT2D eigenvalue weighted by Crippen LogP contribution is 2.15. The van der Waals surface area contributed by atoms with Gasteiger partial charge in [0.1, 0.15) is 5.69 Å². The van der Waals surface area contributed by atoms with Crippen LogP contribution in [0, 0.1) is 0 Å². The molecular formula is C5H4F2N2O. The number of aromatic nitrogens is 2. The average molecular weight is 146 g/mol. The molecule has 0 aliphatic carbocycles. The highest BCUT2D eigenvalue weighted by atomic mass is 19.3. The van der Waals surface area contributed by atoms with Gasteiger partial charge in [0.25, 0.3) is 6.43 Å². The molecule has 0 saturated heterocycles. The molecular weight excluding hydrogens is 142 g/mol. The predicted octanol–water partition coefficient (Wildman–Crippen LogP) is 1.12. The molecule has 0 unspecified atom stereocenters. The van der Waals surface area contributed by atoms with Crippen molar-refractivity contribution in [1.82, 2.24) is 9.97 Å². The first kappa shape index (κ1) is 6.85. The van der Waals surface area contributed by atoms with Crippen molar-refractivity contribution < 1.29 is 13.9 Å². The summed E-state index contributed by atoms with van der Waals surface area (Å²) in [7, 11) is 0. The molecule has 0 aliphatic heterocycles. The molecule has 10 heavy (non-hydrogen) atoms. The zero-order chi connectivity index (χ0) is 7.56. The molecule has 0 fully saturated rings. The van der Waals surface area contributed by atoms with Crippen LogP contribution in [0.1, 0.15) is 12.1 Å². The Morgan fingerprint density at radius 3 is 2.60 bits per heavy atom. The predicted molar refractivity (Wildman–Crippen MR) is 28.7 cm³/mol. The first-order valence-corrected chi connectivity index (χ1v) is 2.50. The molecule has 1 aromatic heterocycles. The fraction of sp³-hybridized carbons (Fsp3) is 0.200. The van der Waals surface area contributed by atoms with Gasteiger partial charge in [-0.05, 0) is 6.07 Å². The van der Waals surface area contributed by atoms with E-state index in [1.54, 1.807) is 0 Å². The van der Waals surface area contributed by atoms with Crippen molar-refractivity contribution >= 4 is 0 Å². The van der Waals surface area contributed by atoms with Gasteiger partial charge in [-0.25, -0.2) is 13.8 Å². The lowest BCUT2D eigenvalue weighted by Crippen LogP contribution is -1.90. The minimum absolute atomic E-state index is 0.465. The van der Waals surface area contributed by atoms with E-state index < -0.39 is 18.1 Å². The minimum Gasteiger partial charge on any atom is -0.479 e. The first-order chi connectivity index (χ1) is 4.70. The van der Waals surface area contributed by atoms with Crippen molar-refractivity contribution in [3.8, 4) is 6.01 Å². The summed E-state index contributed by atoms with van der Waals surface area (Å²) in [6.07, 6.45) is -1.59. The van der Waals surface area contributed by atoms with Crippen molar-refractivity contribution in [3.05, 3.63) is 18.0 Å². The van der Waals surface area contributed by atoms with Gasteiger partial charge in [0.15, 0.2) is 0 Å². The molecule has 1 aromatic rings. The maximum Gasteiger partial charge on any atom is 0.314 e. The molecule has 0 aliphatic rings. The number of nitrogens with zero attached hydrogens (tertiary/aromatic N) is 2. The summed E-state index contributed by atoms with van der Waals surface area (Å²) < 4.78 is 23.5. The molecule has 0 bridgehead atoms. The lowest BCUT2D eigenvalue weighted by Gasteiger charge is -1.95. The topological polar surface area (TPSA) is 46.0 Å². The zero-order valence-corrected chi connectivity index (χ0v) is 4.83. The highest BCUT2D eigenvalue weighted by Gasteiger charge is 2.08. The summed E-state index contributed by atoms with van der Waals surface area (Å²) in [5.74, 6) is 0. The molecule has 54 valence electrons. The summed E-state index contributed by atoms with van der Waals surface area (Å²) in [6, 6.07) is 0.419. The molecule has 0 spiro atoms. The van der Waals surface area contributed by atoms with E-state index in [0.717, 1.165) is 12.3 Å². The lowest BCUT2D eigenvalue weighted by molar-refractivity contribution is 0.144. The molecule has 1 rings (SSSR count). The van der Waals surface area contributed by atoms with Crippen LogP contribution >= 0.6 is 0 Å². The van der Waals surface area contributed by atoms with Crippen molar-refractivity contribution in [2.45, 2.75) is 6.43 Å². The van der Waals surface area contributed by atoms with Gasteiger partial charge in [-0.1, -0.05) is 0 Å². The normalized spacial score (nSPS) is 10.3. The smallest absolute Gasteiger partial charge is 0.314 e. The second kappa shape index (κ2) is 2.55. The van der Waals surface area contributed by atoms with Gasteiger partial charge >= 0.3 is 6.01 Å². The van der Waals surface area contributed by atoms with Crippen molar-refractivity contribution in [3.63, 3.8) is 0 Å². The molecule has 0 saturated carbocycles. The van der Waals surface area contributed by atoms with Gasteiger partial charge in [0, 0.05) is 6.20 Å². The average Bonchev–Trinajstić information content (AvgIpc) is 1.88. The molecule has 3 nitrogen and oxygen atoms in total. The van der Waals surface area contributed by atoms with Crippen molar-refractivity contribution in [2.24, 2.45) is 0 Å². The molecule has 0 atom stereocenters. The number of halogens is 2. The highest BCUT2D eigenvalue weighted by molar-refractivity contribution is 5.04. The quantitative estimate of drug-likeness (QED) is 0.645. The third-order valence-electron chi connectivity index (χ3n) is 0.888.